The lowest BCUT2D eigenvalue weighted by Crippen LogP contribution is -2.30. The van der Waals surface area contributed by atoms with Crippen LogP contribution in [0, 0.1) is 0 Å². The average molecular weight is 424 g/mol. The summed E-state index contributed by atoms with van der Waals surface area (Å²) < 4.78 is 10.4. The summed E-state index contributed by atoms with van der Waals surface area (Å²) in [7, 11) is 0. The van der Waals surface area contributed by atoms with Crippen molar-refractivity contribution in [2.75, 3.05) is 11.9 Å². The van der Waals surface area contributed by atoms with Crippen molar-refractivity contribution in [1.29, 1.82) is 0 Å². The zero-order valence-corrected chi connectivity index (χ0v) is 17.3. The number of nitrogens with one attached hydrogen (secondary N) is 1. The van der Waals surface area contributed by atoms with Gasteiger partial charge in [-0.3, -0.25) is 9.78 Å². The van der Waals surface area contributed by atoms with Gasteiger partial charge in [-0.15, -0.1) is 11.3 Å². The normalized spacial score (nSPS) is 11.4. The van der Waals surface area contributed by atoms with Gasteiger partial charge in [0.15, 0.2) is 6.10 Å². The van der Waals surface area contributed by atoms with Crippen LogP contribution in [-0.4, -0.2) is 35.5 Å². The second-order valence-corrected chi connectivity index (χ2v) is 7.10. The first-order valence-corrected chi connectivity index (χ1v) is 10.1. The maximum Gasteiger partial charge on any atom is 0.341 e. The highest BCUT2D eigenvalue weighted by Gasteiger charge is 2.25. The van der Waals surface area contributed by atoms with Crippen LogP contribution in [0.4, 0.5) is 5.00 Å². The summed E-state index contributed by atoms with van der Waals surface area (Å²) in [4.78, 5) is 41.2. The summed E-state index contributed by atoms with van der Waals surface area (Å²) in [5.74, 6) is -1.75. The van der Waals surface area contributed by atoms with Crippen LogP contribution in [0.15, 0.2) is 60.2 Å². The highest BCUT2D eigenvalue weighted by atomic mass is 32.1. The van der Waals surface area contributed by atoms with E-state index in [2.05, 4.69) is 10.3 Å². The van der Waals surface area contributed by atoms with E-state index in [1.807, 2.05) is 30.3 Å². The second kappa shape index (κ2) is 9.80. The largest absolute Gasteiger partial charge is 0.462 e. The minimum atomic E-state index is -1.07. The van der Waals surface area contributed by atoms with Crippen molar-refractivity contribution in [2.24, 2.45) is 0 Å². The Kier molecular flexibility index (Phi) is 6.92. The number of ether oxygens (including phenoxy) is 2. The molecule has 8 heteroatoms. The molecule has 0 fully saturated rings. The van der Waals surface area contributed by atoms with Crippen LogP contribution >= 0.6 is 11.3 Å². The molecule has 1 unspecified atom stereocenters. The van der Waals surface area contributed by atoms with Crippen molar-refractivity contribution in [3.63, 3.8) is 0 Å². The molecule has 0 aliphatic carbocycles. The van der Waals surface area contributed by atoms with E-state index in [4.69, 9.17) is 9.47 Å². The van der Waals surface area contributed by atoms with E-state index in [1.54, 1.807) is 24.4 Å². The second-order valence-electron chi connectivity index (χ2n) is 6.22. The lowest BCUT2D eigenvalue weighted by Gasteiger charge is -2.14. The number of carbonyl (C=O) groups excluding carboxylic acids is 3. The van der Waals surface area contributed by atoms with Gasteiger partial charge in [0.2, 0.25) is 0 Å². The summed E-state index contributed by atoms with van der Waals surface area (Å²) in [6, 6.07) is 12.5. The number of amides is 1. The van der Waals surface area contributed by atoms with Gasteiger partial charge >= 0.3 is 11.9 Å². The van der Waals surface area contributed by atoms with Crippen molar-refractivity contribution < 1.29 is 23.9 Å². The fourth-order valence-corrected chi connectivity index (χ4v) is 3.63. The molecule has 1 amide bonds. The van der Waals surface area contributed by atoms with Crippen molar-refractivity contribution in [1.82, 2.24) is 4.98 Å². The number of aromatic nitrogens is 1. The topological polar surface area (TPSA) is 94.6 Å². The minimum Gasteiger partial charge on any atom is -0.462 e. The maximum atomic E-state index is 12.6. The minimum absolute atomic E-state index is 0.204. The Labute approximate surface area is 177 Å². The quantitative estimate of drug-likeness (QED) is 0.572. The highest BCUT2D eigenvalue weighted by molar-refractivity contribution is 7.15. The van der Waals surface area contributed by atoms with Crippen LogP contribution in [0.3, 0.4) is 0 Å². The molecule has 0 bridgehead atoms. The van der Waals surface area contributed by atoms with Gasteiger partial charge in [0.05, 0.1) is 12.2 Å². The molecule has 1 aromatic carbocycles. The standard InChI is InChI=1S/C22H20N2O5S/c1-3-28-22(27)18-17(15-8-5-4-6-9-15)13-30-20(18)24-19(25)14(2)29-21(26)16-10-7-11-23-12-16/h4-14H,3H2,1-2H3,(H,24,25). The third kappa shape index (κ3) is 4.90. The molecule has 0 saturated carbocycles. The third-order valence-corrected chi connectivity index (χ3v) is 5.04. The number of anilines is 1. The van der Waals surface area contributed by atoms with E-state index in [0.29, 0.717) is 10.6 Å². The van der Waals surface area contributed by atoms with E-state index in [0.717, 1.165) is 5.56 Å². The number of esters is 2. The maximum absolute atomic E-state index is 12.6. The van der Waals surface area contributed by atoms with E-state index < -0.39 is 23.9 Å². The number of carbonyl (C=O) groups is 3. The van der Waals surface area contributed by atoms with E-state index in [9.17, 15) is 14.4 Å². The monoisotopic (exact) mass is 424 g/mol. The molecule has 30 heavy (non-hydrogen) atoms. The molecule has 1 N–H and O–H groups in total. The Balaban J connectivity index is 1.80. The molecule has 7 nitrogen and oxygen atoms in total. The molecule has 0 aliphatic heterocycles. The molecule has 3 rings (SSSR count). The number of benzene rings is 1. The van der Waals surface area contributed by atoms with Crippen LogP contribution < -0.4 is 5.32 Å². The molecule has 0 radical (unpaired) electrons. The summed E-state index contributed by atoms with van der Waals surface area (Å²) >= 11 is 1.20. The molecule has 0 saturated heterocycles. The lowest BCUT2D eigenvalue weighted by molar-refractivity contribution is -0.123. The van der Waals surface area contributed by atoms with E-state index >= 15 is 0 Å². The van der Waals surface area contributed by atoms with E-state index in [1.165, 1.54) is 30.7 Å². The fourth-order valence-electron chi connectivity index (χ4n) is 2.67. The first kappa shape index (κ1) is 21.2. The third-order valence-electron chi connectivity index (χ3n) is 4.14. The van der Waals surface area contributed by atoms with Crippen molar-refractivity contribution in [3.8, 4) is 11.1 Å². The first-order valence-electron chi connectivity index (χ1n) is 9.27. The Morgan fingerprint density at radius 3 is 2.53 bits per heavy atom. The molecule has 0 spiro atoms. The molecule has 0 aliphatic rings. The van der Waals surface area contributed by atoms with Crippen molar-refractivity contribution in [3.05, 3.63) is 71.4 Å². The number of thiophene rings is 1. The van der Waals surface area contributed by atoms with Crippen LogP contribution in [0.25, 0.3) is 11.1 Å². The number of hydrogen-bond acceptors (Lipinski definition) is 7. The van der Waals surface area contributed by atoms with Gasteiger partial charge in [-0.1, -0.05) is 30.3 Å². The predicted octanol–water partition coefficient (Wildman–Crippen LogP) is 4.17. The van der Waals surface area contributed by atoms with Gasteiger partial charge in [-0.25, -0.2) is 9.59 Å². The Bertz CT molecular complexity index is 1030. The smallest absolute Gasteiger partial charge is 0.341 e. The van der Waals surface area contributed by atoms with Gasteiger partial charge in [-0.2, -0.15) is 0 Å². The van der Waals surface area contributed by atoms with Crippen LogP contribution in [0.2, 0.25) is 0 Å². The van der Waals surface area contributed by atoms with Crippen molar-refractivity contribution >= 4 is 34.2 Å². The van der Waals surface area contributed by atoms with Crippen molar-refractivity contribution in [2.45, 2.75) is 20.0 Å². The van der Waals surface area contributed by atoms with Gasteiger partial charge in [0.25, 0.3) is 5.91 Å². The zero-order valence-electron chi connectivity index (χ0n) is 16.5. The average Bonchev–Trinajstić information content (AvgIpc) is 3.18. The first-order chi connectivity index (χ1) is 14.5. The van der Waals surface area contributed by atoms with Gasteiger partial charge < -0.3 is 14.8 Å². The summed E-state index contributed by atoms with van der Waals surface area (Å²) in [5, 5.41) is 4.80. The summed E-state index contributed by atoms with van der Waals surface area (Å²) in [5.41, 5.74) is 2.00. The van der Waals surface area contributed by atoms with Crippen LogP contribution in [-0.2, 0) is 14.3 Å². The number of nitrogens with zero attached hydrogens (tertiary/aromatic N) is 1. The molecular formula is C22H20N2O5S. The van der Waals surface area contributed by atoms with Gasteiger partial charge in [0, 0.05) is 23.3 Å². The molecule has 154 valence electrons. The molecule has 2 heterocycles. The number of hydrogen-bond donors (Lipinski definition) is 1. The molecular weight excluding hydrogens is 404 g/mol. The molecule has 2 aromatic heterocycles. The molecule has 1 atom stereocenters. The van der Waals surface area contributed by atoms with Gasteiger partial charge in [-0.05, 0) is 31.5 Å². The SMILES string of the molecule is CCOC(=O)c1c(-c2ccccc2)csc1NC(=O)C(C)OC(=O)c1cccnc1. The lowest BCUT2D eigenvalue weighted by atomic mass is 10.0. The number of rotatable bonds is 7. The fraction of sp³-hybridized carbons (Fsp3) is 0.182. The van der Waals surface area contributed by atoms with Gasteiger partial charge in [0.1, 0.15) is 10.6 Å². The Morgan fingerprint density at radius 1 is 1.10 bits per heavy atom. The van der Waals surface area contributed by atoms with Crippen LogP contribution in [0.1, 0.15) is 34.6 Å². The molecule has 3 aromatic rings. The predicted molar refractivity (Wildman–Crippen MR) is 113 cm³/mol. The zero-order chi connectivity index (χ0) is 21.5. The summed E-state index contributed by atoms with van der Waals surface area (Å²) in [6.45, 7) is 3.37. The Morgan fingerprint density at radius 2 is 1.87 bits per heavy atom. The van der Waals surface area contributed by atoms with Crippen LogP contribution in [0.5, 0.6) is 0 Å². The highest BCUT2D eigenvalue weighted by Crippen LogP contribution is 2.36. The summed E-state index contributed by atoms with van der Waals surface area (Å²) in [6.07, 6.45) is 1.82. The number of pyridine rings is 1. The Hall–Kier alpha value is -3.52. The van der Waals surface area contributed by atoms with E-state index in [-0.39, 0.29) is 17.7 Å².